The van der Waals surface area contributed by atoms with Crippen molar-refractivity contribution in [2.24, 2.45) is 0 Å². The lowest BCUT2D eigenvalue weighted by atomic mass is 10.1. The van der Waals surface area contributed by atoms with Gasteiger partial charge in [0.2, 0.25) is 5.91 Å². The van der Waals surface area contributed by atoms with Gasteiger partial charge in [0.15, 0.2) is 0 Å². The molecule has 0 aromatic heterocycles. The number of carbonyl (C=O) groups is 2. The second kappa shape index (κ2) is 8.35. The topological polar surface area (TPSA) is 73.2 Å². The van der Waals surface area contributed by atoms with E-state index in [-0.39, 0.29) is 24.9 Å². The molecule has 0 spiro atoms. The molecule has 2 rings (SSSR count). The fourth-order valence-electron chi connectivity index (χ4n) is 2.13. The van der Waals surface area contributed by atoms with Crippen LogP contribution < -0.4 is 5.32 Å². The Morgan fingerprint density at radius 1 is 1.00 bits per heavy atom. The van der Waals surface area contributed by atoms with Gasteiger partial charge < -0.3 is 10.2 Å². The van der Waals surface area contributed by atoms with Crippen LogP contribution in [0, 0.1) is 11.3 Å². The van der Waals surface area contributed by atoms with Crippen LogP contribution in [0.1, 0.15) is 15.9 Å². The predicted octanol–water partition coefficient (Wildman–Crippen LogP) is 1.97. The third-order valence-electron chi connectivity index (χ3n) is 3.22. The maximum Gasteiger partial charge on any atom is 0.254 e. The minimum absolute atomic E-state index is 0.0719. The second-order valence-corrected chi connectivity index (χ2v) is 4.95. The van der Waals surface area contributed by atoms with E-state index in [2.05, 4.69) is 5.32 Å². The van der Waals surface area contributed by atoms with Crippen LogP contribution in [-0.2, 0) is 11.3 Å². The van der Waals surface area contributed by atoms with Gasteiger partial charge in [-0.05, 0) is 17.7 Å². The quantitative estimate of drug-likeness (QED) is 0.829. The SMILES string of the molecule is N#CCNC(=O)CN(Cc1ccccc1)C(=O)c1ccccc1. The molecule has 2 aromatic rings. The van der Waals surface area contributed by atoms with Crippen LogP contribution in [0.5, 0.6) is 0 Å². The Hall–Kier alpha value is -3.13. The van der Waals surface area contributed by atoms with E-state index >= 15 is 0 Å². The molecule has 0 aliphatic heterocycles. The molecular formula is C18H17N3O2. The molecule has 0 saturated carbocycles. The minimum atomic E-state index is -0.355. The number of carbonyl (C=O) groups excluding carboxylic acids is 2. The molecular weight excluding hydrogens is 290 g/mol. The van der Waals surface area contributed by atoms with Crippen molar-refractivity contribution in [2.75, 3.05) is 13.1 Å². The highest BCUT2D eigenvalue weighted by molar-refractivity contribution is 5.96. The number of amides is 2. The first kappa shape index (κ1) is 16.2. The highest BCUT2D eigenvalue weighted by Crippen LogP contribution is 2.10. The minimum Gasteiger partial charge on any atom is -0.341 e. The van der Waals surface area contributed by atoms with E-state index in [9.17, 15) is 9.59 Å². The van der Waals surface area contributed by atoms with Gasteiger partial charge in [0.1, 0.15) is 13.1 Å². The van der Waals surface area contributed by atoms with Crippen molar-refractivity contribution >= 4 is 11.8 Å². The summed E-state index contributed by atoms with van der Waals surface area (Å²) in [6, 6.07) is 20.1. The first-order valence-electron chi connectivity index (χ1n) is 7.22. The van der Waals surface area contributed by atoms with Gasteiger partial charge in [0.05, 0.1) is 6.07 Å². The van der Waals surface area contributed by atoms with Crippen molar-refractivity contribution in [2.45, 2.75) is 6.54 Å². The lowest BCUT2D eigenvalue weighted by Crippen LogP contribution is -2.40. The van der Waals surface area contributed by atoms with Gasteiger partial charge in [-0.15, -0.1) is 0 Å². The molecule has 5 nitrogen and oxygen atoms in total. The summed E-state index contributed by atoms with van der Waals surface area (Å²) in [4.78, 5) is 26.0. The van der Waals surface area contributed by atoms with Crippen LogP contribution in [0.3, 0.4) is 0 Å². The molecule has 2 amide bonds. The van der Waals surface area contributed by atoms with Gasteiger partial charge in [-0.2, -0.15) is 5.26 Å². The van der Waals surface area contributed by atoms with Crippen LogP contribution in [0.25, 0.3) is 0 Å². The van der Waals surface area contributed by atoms with Crippen molar-refractivity contribution in [1.29, 1.82) is 5.26 Å². The third kappa shape index (κ3) is 4.97. The first-order valence-corrected chi connectivity index (χ1v) is 7.22. The van der Waals surface area contributed by atoms with Crippen molar-refractivity contribution in [3.63, 3.8) is 0 Å². The summed E-state index contributed by atoms with van der Waals surface area (Å²) in [7, 11) is 0. The Labute approximate surface area is 135 Å². The number of nitrogens with one attached hydrogen (secondary N) is 1. The Bertz CT molecular complexity index is 693. The van der Waals surface area contributed by atoms with Crippen molar-refractivity contribution in [3.05, 3.63) is 71.8 Å². The number of rotatable bonds is 6. The molecule has 23 heavy (non-hydrogen) atoms. The fraction of sp³-hybridized carbons (Fsp3) is 0.167. The number of hydrogen-bond acceptors (Lipinski definition) is 3. The van der Waals surface area contributed by atoms with E-state index < -0.39 is 0 Å². The maximum atomic E-state index is 12.6. The molecule has 0 radical (unpaired) electrons. The van der Waals surface area contributed by atoms with E-state index in [1.165, 1.54) is 4.90 Å². The zero-order valence-electron chi connectivity index (χ0n) is 12.6. The van der Waals surface area contributed by atoms with Gasteiger partial charge >= 0.3 is 0 Å². The summed E-state index contributed by atoms with van der Waals surface area (Å²) in [5, 5.41) is 11.0. The van der Waals surface area contributed by atoms with Crippen molar-refractivity contribution < 1.29 is 9.59 Å². The van der Waals surface area contributed by atoms with Crippen molar-refractivity contribution in [3.8, 4) is 6.07 Å². The van der Waals surface area contributed by atoms with Gasteiger partial charge in [0.25, 0.3) is 5.91 Å². The van der Waals surface area contributed by atoms with Crippen LogP contribution in [-0.4, -0.2) is 29.8 Å². The highest BCUT2D eigenvalue weighted by Gasteiger charge is 2.18. The van der Waals surface area contributed by atoms with Crippen molar-refractivity contribution in [1.82, 2.24) is 10.2 Å². The standard InChI is InChI=1S/C18H17N3O2/c19-11-12-20-17(22)14-21(13-15-7-3-1-4-8-15)18(23)16-9-5-2-6-10-16/h1-10H,12-14H2,(H,20,22). The van der Waals surface area contributed by atoms with Crippen LogP contribution >= 0.6 is 0 Å². The van der Waals surface area contributed by atoms with Gasteiger partial charge in [-0.25, -0.2) is 0 Å². The largest absolute Gasteiger partial charge is 0.341 e. The molecule has 0 aliphatic carbocycles. The van der Waals surface area contributed by atoms with Gasteiger partial charge in [-0.1, -0.05) is 48.5 Å². The summed E-state index contributed by atoms with van der Waals surface area (Å²) < 4.78 is 0. The summed E-state index contributed by atoms with van der Waals surface area (Å²) in [5.41, 5.74) is 1.46. The Morgan fingerprint density at radius 3 is 2.22 bits per heavy atom. The zero-order valence-corrected chi connectivity index (χ0v) is 12.6. The molecule has 0 heterocycles. The van der Waals surface area contributed by atoms with Crippen LogP contribution in [0.2, 0.25) is 0 Å². The molecule has 0 fully saturated rings. The zero-order chi connectivity index (χ0) is 16.5. The molecule has 5 heteroatoms. The fourth-order valence-corrected chi connectivity index (χ4v) is 2.13. The Kier molecular flexibility index (Phi) is 5.89. The average molecular weight is 307 g/mol. The Morgan fingerprint density at radius 2 is 1.61 bits per heavy atom. The lowest BCUT2D eigenvalue weighted by molar-refractivity contribution is -0.121. The highest BCUT2D eigenvalue weighted by atomic mass is 16.2. The Balaban J connectivity index is 2.15. The maximum absolute atomic E-state index is 12.6. The molecule has 2 aromatic carbocycles. The summed E-state index contributed by atoms with van der Waals surface area (Å²) in [5.74, 6) is -0.576. The lowest BCUT2D eigenvalue weighted by Gasteiger charge is -2.22. The smallest absolute Gasteiger partial charge is 0.254 e. The summed E-state index contributed by atoms with van der Waals surface area (Å²) >= 11 is 0. The van der Waals surface area contributed by atoms with E-state index in [1.54, 1.807) is 24.3 Å². The average Bonchev–Trinajstić information content (AvgIpc) is 2.60. The molecule has 116 valence electrons. The van der Waals surface area contributed by atoms with Crippen LogP contribution in [0.15, 0.2) is 60.7 Å². The number of nitriles is 1. The van der Waals surface area contributed by atoms with E-state index in [0.29, 0.717) is 12.1 Å². The number of benzene rings is 2. The summed E-state index contributed by atoms with van der Waals surface area (Å²) in [6.07, 6.45) is 0. The summed E-state index contributed by atoms with van der Waals surface area (Å²) in [6.45, 7) is 0.163. The molecule has 1 N–H and O–H groups in total. The molecule has 0 unspecified atom stereocenters. The molecule has 0 aliphatic rings. The third-order valence-corrected chi connectivity index (χ3v) is 3.22. The van der Waals surface area contributed by atoms with Gasteiger partial charge in [0, 0.05) is 12.1 Å². The van der Waals surface area contributed by atoms with Gasteiger partial charge in [-0.3, -0.25) is 9.59 Å². The van der Waals surface area contributed by atoms with Crippen LogP contribution in [0.4, 0.5) is 0 Å². The van der Waals surface area contributed by atoms with E-state index in [1.807, 2.05) is 42.5 Å². The molecule has 0 atom stereocenters. The molecule has 0 saturated heterocycles. The number of nitrogens with zero attached hydrogens (tertiary/aromatic N) is 2. The number of hydrogen-bond donors (Lipinski definition) is 1. The first-order chi connectivity index (χ1) is 11.2. The second-order valence-electron chi connectivity index (χ2n) is 4.95. The predicted molar refractivity (Wildman–Crippen MR) is 86.2 cm³/mol. The van der Waals surface area contributed by atoms with E-state index in [4.69, 9.17) is 5.26 Å². The normalized spacial score (nSPS) is 9.70. The molecule has 0 bridgehead atoms. The monoisotopic (exact) mass is 307 g/mol. The van der Waals surface area contributed by atoms with E-state index in [0.717, 1.165) is 5.56 Å².